The number of hydrogen-bond donors (Lipinski definition) is 1. The highest BCUT2D eigenvalue weighted by atomic mass is 14.9. The maximum Gasteiger partial charge on any atom is 0.0578 e. The minimum Gasteiger partial charge on any atom is -0.300 e. The molecule has 1 aromatic carbocycles. The van der Waals surface area contributed by atoms with Crippen LogP contribution >= 0.6 is 0 Å². The number of terminal acetylenes is 1. The average molecular weight is 187 g/mol. The molecule has 0 amide bonds. The number of rotatable bonds is 3. The van der Waals surface area contributed by atoms with Crippen LogP contribution in [0.3, 0.4) is 0 Å². The lowest BCUT2D eigenvalue weighted by Gasteiger charge is -2.15. The van der Waals surface area contributed by atoms with E-state index in [-0.39, 0.29) is 0 Å². The van der Waals surface area contributed by atoms with Crippen LogP contribution in [0.5, 0.6) is 0 Å². The monoisotopic (exact) mass is 187 g/mol. The van der Waals surface area contributed by atoms with Crippen LogP contribution in [0.4, 0.5) is 0 Å². The Morgan fingerprint density at radius 2 is 2.14 bits per heavy atom. The fourth-order valence-electron chi connectivity index (χ4n) is 1.63. The topological polar surface area (TPSA) is 12.0 Å². The zero-order valence-electron chi connectivity index (χ0n) is 9.09. The molecule has 0 saturated carbocycles. The van der Waals surface area contributed by atoms with E-state index in [1.54, 1.807) is 0 Å². The van der Waals surface area contributed by atoms with Crippen molar-refractivity contribution in [3.63, 3.8) is 0 Å². The first-order valence-corrected chi connectivity index (χ1v) is 4.89. The van der Waals surface area contributed by atoms with Crippen LogP contribution in [-0.4, -0.2) is 6.54 Å². The number of hydrogen-bond acceptors (Lipinski definition) is 1. The Morgan fingerprint density at radius 1 is 1.43 bits per heavy atom. The largest absolute Gasteiger partial charge is 0.300 e. The molecule has 0 aliphatic rings. The summed E-state index contributed by atoms with van der Waals surface area (Å²) in [5.41, 5.74) is 3.95. The van der Waals surface area contributed by atoms with E-state index >= 15 is 0 Å². The molecule has 1 aromatic rings. The third kappa shape index (κ3) is 2.61. The molecule has 0 fully saturated rings. The summed E-state index contributed by atoms with van der Waals surface area (Å²) in [5, 5.41) is 3.27. The van der Waals surface area contributed by atoms with Gasteiger partial charge in [0.1, 0.15) is 0 Å². The molecule has 0 aliphatic heterocycles. The van der Waals surface area contributed by atoms with Gasteiger partial charge < -0.3 is 0 Å². The zero-order valence-corrected chi connectivity index (χ0v) is 9.09. The zero-order chi connectivity index (χ0) is 10.6. The minimum atomic E-state index is 0.326. The van der Waals surface area contributed by atoms with Crippen LogP contribution in [0, 0.1) is 26.2 Å². The van der Waals surface area contributed by atoms with Crippen molar-refractivity contribution in [1.82, 2.24) is 5.32 Å². The number of aryl methyl sites for hydroxylation is 2. The second-order valence-electron chi connectivity index (χ2n) is 3.67. The molecule has 1 atom stereocenters. The van der Waals surface area contributed by atoms with Crippen LogP contribution in [0.1, 0.15) is 29.7 Å². The molecule has 0 bridgehead atoms. The van der Waals surface area contributed by atoms with Gasteiger partial charge in [-0.05, 0) is 31.9 Å². The average Bonchev–Trinajstić information content (AvgIpc) is 2.14. The van der Waals surface area contributed by atoms with E-state index in [4.69, 9.17) is 6.42 Å². The SMILES string of the molecule is C#CCNC(C)c1ccc(C)cc1C. The third-order valence-corrected chi connectivity index (χ3v) is 2.40. The van der Waals surface area contributed by atoms with Gasteiger partial charge in [-0.3, -0.25) is 5.32 Å². The molecule has 0 aromatic heterocycles. The first-order chi connectivity index (χ1) is 6.65. The summed E-state index contributed by atoms with van der Waals surface area (Å²) < 4.78 is 0. The molecule has 0 saturated heterocycles. The summed E-state index contributed by atoms with van der Waals surface area (Å²) in [6, 6.07) is 6.82. The standard InChI is InChI=1S/C13H17N/c1-5-8-14-12(4)13-7-6-10(2)9-11(13)3/h1,6-7,9,12,14H,8H2,2-4H3. The maximum absolute atomic E-state index is 5.20. The molecule has 1 N–H and O–H groups in total. The Hall–Kier alpha value is -1.26. The second-order valence-corrected chi connectivity index (χ2v) is 3.67. The molecule has 1 rings (SSSR count). The highest BCUT2D eigenvalue weighted by Crippen LogP contribution is 2.17. The fourth-order valence-corrected chi connectivity index (χ4v) is 1.63. The number of benzene rings is 1. The van der Waals surface area contributed by atoms with Gasteiger partial charge >= 0.3 is 0 Å². The summed E-state index contributed by atoms with van der Waals surface area (Å²) in [5.74, 6) is 2.59. The quantitative estimate of drug-likeness (QED) is 0.717. The van der Waals surface area contributed by atoms with Crippen LogP contribution < -0.4 is 5.32 Å². The van der Waals surface area contributed by atoms with E-state index in [0.717, 1.165) is 0 Å². The summed E-state index contributed by atoms with van der Waals surface area (Å²) in [6.45, 7) is 7.00. The van der Waals surface area contributed by atoms with E-state index < -0.39 is 0 Å². The molecule has 1 unspecified atom stereocenters. The second kappa shape index (κ2) is 4.83. The van der Waals surface area contributed by atoms with Gasteiger partial charge in [-0.15, -0.1) is 6.42 Å². The number of nitrogens with one attached hydrogen (secondary N) is 1. The molecule has 0 radical (unpaired) electrons. The van der Waals surface area contributed by atoms with Crippen molar-refractivity contribution < 1.29 is 0 Å². The third-order valence-electron chi connectivity index (χ3n) is 2.40. The fraction of sp³-hybridized carbons (Fsp3) is 0.385. The Kier molecular flexibility index (Phi) is 3.73. The minimum absolute atomic E-state index is 0.326. The van der Waals surface area contributed by atoms with Gasteiger partial charge in [0, 0.05) is 6.04 Å². The smallest absolute Gasteiger partial charge is 0.0578 e. The van der Waals surface area contributed by atoms with Crippen molar-refractivity contribution in [3.8, 4) is 12.3 Å². The van der Waals surface area contributed by atoms with Crippen molar-refractivity contribution in [2.75, 3.05) is 6.54 Å². The van der Waals surface area contributed by atoms with Gasteiger partial charge in [0.2, 0.25) is 0 Å². The Morgan fingerprint density at radius 3 is 2.71 bits per heavy atom. The first kappa shape index (κ1) is 10.8. The van der Waals surface area contributed by atoms with E-state index in [9.17, 15) is 0 Å². The van der Waals surface area contributed by atoms with Gasteiger partial charge in [0.25, 0.3) is 0 Å². The predicted molar refractivity (Wildman–Crippen MR) is 61.2 cm³/mol. The highest BCUT2D eigenvalue weighted by Gasteiger charge is 2.06. The van der Waals surface area contributed by atoms with Gasteiger partial charge in [-0.2, -0.15) is 0 Å². The Labute approximate surface area is 86.5 Å². The molecule has 1 nitrogen and oxygen atoms in total. The van der Waals surface area contributed by atoms with Crippen molar-refractivity contribution in [2.45, 2.75) is 26.8 Å². The molecular formula is C13H17N. The molecule has 0 heterocycles. The van der Waals surface area contributed by atoms with E-state index in [1.165, 1.54) is 16.7 Å². The lowest BCUT2D eigenvalue weighted by Crippen LogP contribution is -2.19. The van der Waals surface area contributed by atoms with Gasteiger partial charge in [0.05, 0.1) is 6.54 Å². The van der Waals surface area contributed by atoms with Gasteiger partial charge in [0.15, 0.2) is 0 Å². The molecule has 14 heavy (non-hydrogen) atoms. The van der Waals surface area contributed by atoms with Crippen molar-refractivity contribution in [1.29, 1.82) is 0 Å². The summed E-state index contributed by atoms with van der Waals surface area (Å²) in [7, 11) is 0. The Bertz CT molecular complexity index is 347. The highest BCUT2D eigenvalue weighted by molar-refractivity contribution is 5.32. The molecule has 0 aliphatic carbocycles. The van der Waals surface area contributed by atoms with Gasteiger partial charge in [-0.25, -0.2) is 0 Å². The normalized spacial score (nSPS) is 12.1. The predicted octanol–water partition coefficient (Wildman–Crippen LogP) is 2.59. The molecule has 74 valence electrons. The van der Waals surface area contributed by atoms with E-state index in [2.05, 4.69) is 50.2 Å². The molecule has 1 heteroatoms. The maximum atomic E-state index is 5.20. The van der Waals surface area contributed by atoms with Crippen molar-refractivity contribution in [3.05, 3.63) is 34.9 Å². The Balaban J connectivity index is 2.80. The van der Waals surface area contributed by atoms with Crippen molar-refractivity contribution >= 4 is 0 Å². The van der Waals surface area contributed by atoms with Crippen LogP contribution in [0.15, 0.2) is 18.2 Å². The van der Waals surface area contributed by atoms with E-state index in [1.807, 2.05) is 0 Å². The van der Waals surface area contributed by atoms with Crippen LogP contribution in [-0.2, 0) is 0 Å². The summed E-state index contributed by atoms with van der Waals surface area (Å²) in [6.07, 6.45) is 5.20. The van der Waals surface area contributed by atoms with Crippen LogP contribution in [0.2, 0.25) is 0 Å². The summed E-state index contributed by atoms with van der Waals surface area (Å²) >= 11 is 0. The first-order valence-electron chi connectivity index (χ1n) is 4.89. The van der Waals surface area contributed by atoms with Gasteiger partial charge in [-0.1, -0.05) is 29.7 Å². The lowest BCUT2D eigenvalue weighted by molar-refractivity contribution is 0.620. The van der Waals surface area contributed by atoms with Crippen LogP contribution in [0.25, 0.3) is 0 Å². The van der Waals surface area contributed by atoms with Crippen molar-refractivity contribution in [2.24, 2.45) is 0 Å². The molecule has 0 spiro atoms. The van der Waals surface area contributed by atoms with E-state index in [0.29, 0.717) is 12.6 Å². The summed E-state index contributed by atoms with van der Waals surface area (Å²) in [4.78, 5) is 0. The molecular weight excluding hydrogens is 170 g/mol. The lowest BCUT2D eigenvalue weighted by atomic mass is 10.0.